The molecule has 0 aliphatic heterocycles. The van der Waals surface area contributed by atoms with Gasteiger partial charge in [0.2, 0.25) is 0 Å². The molecule has 0 radical (unpaired) electrons. The highest BCUT2D eigenvalue weighted by Crippen LogP contribution is 2.32. The summed E-state index contributed by atoms with van der Waals surface area (Å²) in [5.74, 6) is 0.533. The van der Waals surface area contributed by atoms with Crippen molar-refractivity contribution in [3.8, 4) is 0 Å². The number of hydrogen-bond donors (Lipinski definition) is 1. The zero-order chi connectivity index (χ0) is 15.1. The Labute approximate surface area is 123 Å². The highest BCUT2D eigenvalue weighted by Gasteiger charge is 2.29. The van der Waals surface area contributed by atoms with Crippen molar-refractivity contribution in [2.45, 2.75) is 38.5 Å². The van der Waals surface area contributed by atoms with Crippen molar-refractivity contribution in [2.75, 3.05) is 25.1 Å². The minimum absolute atomic E-state index is 0.0271. The van der Waals surface area contributed by atoms with Crippen molar-refractivity contribution in [2.24, 2.45) is 0 Å². The fourth-order valence-electron chi connectivity index (χ4n) is 2.75. The first kappa shape index (κ1) is 17.2. The standard InChI is InChI=1S/C16H27NO2S/c1-4-16(14-17-3,15-10-7-6-8-11-15)12-9-13-20(18,19)5-2/h6-8,10-11,17H,4-5,9,12-14H2,1-3H3. The molecule has 0 aliphatic rings. The van der Waals surface area contributed by atoms with Gasteiger partial charge in [0, 0.05) is 17.7 Å². The summed E-state index contributed by atoms with van der Waals surface area (Å²) in [5.41, 5.74) is 1.32. The summed E-state index contributed by atoms with van der Waals surface area (Å²) >= 11 is 0. The Bertz CT molecular complexity index is 484. The van der Waals surface area contributed by atoms with Crippen molar-refractivity contribution in [3.63, 3.8) is 0 Å². The maximum atomic E-state index is 11.7. The Morgan fingerprint density at radius 2 is 1.80 bits per heavy atom. The van der Waals surface area contributed by atoms with E-state index in [1.807, 2.05) is 13.1 Å². The molecule has 1 atom stereocenters. The Hall–Kier alpha value is -0.870. The Balaban J connectivity index is 2.84. The normalized spacial score (nSPS) is 14.9. The summed E-state index contributed by atoms with van der Waals surface area (Å²) in [6.07, 6.45) is 2.62. The van der Waals surface area contributed by atoms with Crippen LogP contribution in [0.1, 0.15) is 38.7 Å². The number of hydrogen-bond acceptors (Lipinski definition) is 3. The smallest absolute Gasteiger partial charge is 0.150 e. The highest BCUT2D eigenvalue weighted by molar-refractivity contribution is 7.91. The van der Waals surface area contributed by atoms with E-state index < -0.39 is 9.84 Å². The maximum absolute atomic E-state index is 11.7. The lowest BCUT2D eigenvalue weighted by Gasteiger charge is -2.33. The quantitative estimate of drug-likeness (QED) is 0.762. The maximum Gasteiger partial charge on any atom is 0.150 e. The summed E-state index contributed by atoms with van der Waals surface area (Å²) in [7, 11) is -0.913. The molecule has 0 spiro atoms. The second-order valence-electron chi connectivity index (χ2n) is 5.37. The third kappa shape index (κ3) is 4.60. The van der Waals surface area contributed by atoms with E-state index in [9.17, 15) is 8.42 Å². The van der Waals surface area contributed by atoms with Crippen LogP contribution in [-0.4, -0.2) is 33.5 Å². The van der Waals surface area contributed by atoms with Crippen LogP contribution >= 0.6 is 0 Å². The molecule has 0 saturated carbocycles. The lowest BCUT2D eigenvalue weighted by molar-refractivity contribution is 0.362. The van der Waals surface area contributed by atoms with Crippen LogP contribution in [-0.2, 0) is 15.3 Å². The monoisotopic (exact) mass is 297 g/mol. The number of sulfone groups is 1. The summed E-state index contributed by atoms with van der Waals surface area (Å²) in [4.78, 5) is 0. The second kappa shape index (κ2) is 7.79. The van der Waals surface area contributed by atoms with Gasteiger partial charge in [0.15, 0.2) is 0 Å². The SMILES string of the molecule is CCC(CCCS(=O)(=O)CC)(CNC)c1ccccc1. The zero-order valence-corrected chi connectivity index (χ0v) is 13.7. The molecule has 1 N–H and O–H groups in total. The van der Waals surface area contributed by atoms with E-state index in [1.54, 1.807) is 6.92 Å². The van der Waals surface area contributed by atoms with Crippen molar-refractivity contribution in [3.05, 3.63) is 35.9 Å². The van der Waals surface area contributed by atoms with Gasteiger partial charge in [-0.2, -0.15) is 0 Å². The fraction of sp³-hybridized carbons (Fsp3) is 0.625. The topological polar surface area (TPSA) is 46.2 Å². The van der Waals surface area contributed by atoms with Crippen LogP contribution < -0.4 is 5.32 Å². The first-order valence-corrected chi connectivity index (χ1v) is 9.22. The lowest BCUT2D eigenvalue weighted by Crippen LogP contribution is -2.36. The van der Waals surface area contributed by atoms with Crippen molar-refractivity contribution in [1.82, 2.24) is 5.32 Å². The van der Waals surface area contributed by atoms with Crippen LogP contribution in [0.3, 0.4) is 0 Å². The molecule has 114 valence electrons. The van der Waals surface area contributed by atoms with Gasteiger partial charge in [0.05, 0.1) is 5.75 Å². The predicted molar refractivity (Wildman–Crippen MR) is 85.9 cm³/mol. The van der Waals surface area contributed by atoms with Gasteiger partial charge in [-0.25, -0.2) is 8.42 Å². The molecular formula is C16H27NO2S. The van der Waals surface area contributed by atoms with Crippen molar-refractivity contribution < 1.29 is 8.42 Å². The second-order valence-corrected chi connectivity index (χ2v) is 7.84. The van der Waals surface area contributed by atoms with Gasteiger partial charge in [-0.1, -0.05) is 44.2 Å². The van der Waals surface area contributed by atoms with Crippen LogP contribution in [0.4, 0.5) is 0 Å². The molecule has 0 bridgehead atoms. The van der Waals surface area contributed by atoms with E-state index in [0.717, 1.165) is 25.8 Å². The predicted octanol–water partition coefficient (Wildman–Crippen LogP) is 2.77. The fourth-order valence-corrected chi connectivity index (χ4v) is 3.62. The van der Waals surface area contributed by atoms with E-state index in [4.69, 9.17) is 0 Å². The van der Waals surface area contributed by atoms with Crippen LogP contribution in [0.25, 0.3) is 0 Å². The summed E-state index contributed by atoms with van der Waals surface area (Å²) in [6.45, 7) is 4.77. The van der Waals surface area contributed by atoms with Gasteiger partial charge in [-0.3, -0.25) is 0 Å². The van der Waals surface area contributed by atoms with E-state index >= 15 is 0 Å². The van der Waals surface area contributed by atoms with Gasteiger partial charge in [-0.15, -0.1) is 0 Å². The molecule has 1 aromatic rings. The molecule has 0 heterocycles. The third-order valence-corrected chi connectivity index (χ3v) is 5.92. The Morgan fingerprint density at radius 3 is 2.30 bits per heavy atom. The summed E-state index contributed by atoms with van der Waals surface area (Å²) < 4.78 is 23.3. The summed E-state index contributed by atoms with van der Waals surface area (Å²) in [5, 5.41) is 3.27. The molecule has 3 nitrogen and oxygen atoms in total. The van der Waals surface area contributed by atoms with Gasteiger partial charge in [-0.05, 0) is 31.9 Å². The molecule has 1 unspecified atom stereocenters. The number of nitrogens with one attached hydrogen (secondary N) is 1. The molecule has 20 heavy (non-hydrogen) atoms. The average molecular weight is 297 g/mol. The van der Waals surface area contributed by atoms with Crippen LogP contribution in [0, 0.1) is 0 Å². The molecule has 0 aromatic heterocycles. The minimum atomic E-state index is -2.87. The van der Waals surface area contributed by atoms with E-state index in [-0.39, 0.29) is 11.2 Å². The Morgan fingerprint density at radius 1 is 1.15 bits per heavy atom. The summed E-state index contributed by atoms with van der Waals surface area (Å²) in [6, 6.07) is 10.4. The molecular weight excluding hydrogens is 270 g/mol. The van der Waals surface area contributed by atoms with E-state index in [1.165, 1.54) is 5.56 Å². The van der Waals surface area contributed by atoms with Crippen LogP contribution in [0.15, 0.2) is 30.3 Å². The van der Waals surface area contributed by atoms with Crippen LogP contribution in [0.5, 0.6) is 0 Å². The molecule has 0 amide bonds. The highest BCUT2D eigenvalue weighted by atomic mass is 32.2. The van der Waals surface area contributed by atoms with Gasteiger partial charge >= 0.3 is 0 Å². The van der Waals surface area contributed by atoms with E-state index in [0.29, 0.717) is 5.75 Å². The molecule has 1 aromatic carbocycles. The molecule has 0 aliphatic carbocycles. The van der Waals surface area contributed by atoms with Gasteiger partial charge in [0.1, 0.15) is 9.84 Å². The lowest BCUT2D eigenvalue weighted by atomic mass is 9.74. The minimum Gasteiger partial charge on any atom is -0.319 e. The van der Waals surface area contributed by atoms with E-state index in [2.05, 4.69) is 36.5 Å². The van der Waals surface area contributed by atoms with Crippen molar-refractivity contribution in [1.29, 1.82) is 0 Å². The van der Waals surface area contributed by atoms with Crippen molar-refractivity contribution >= 4 is 9.84 Å². The molecule has 0 saturated heterocycles. The average Bonchev–Trinajstić information content (AvgIpc) is 2.47. The van der Waals surface area contributed by atoms with Crippen LogP contribution in [0.2, 0.25) is 0 Å². The number of benzene rings is 1. The van der Waals surface area contributed by atoms with Gasteiger partial charge < -0.3 is 5.32 Å². The largest absolute Gasteiger partial charge is 0.319 e. The zero-order valence-electron chi connectivity index (χ0n) is 12.9. The first-order chi connectivity index (χ1) is 9.49. The Kier molecular flexibility index (Phi) is 6.69. The molecule has 0 fully saturated rings. The molecule has 1 rings (SSSR count). The first-order valence-electron chi connectivity index (χ1n) is 7.40. The number of rotatable bonds is 9. The molecule has 4 heteroatoms. The van der Waals surface area contributed by atoms with Gasteiger partial charge in [0.25, 0.3) is 0 Å². The third-order valence-electron chi connectivity index (χ3n) is 4.13. The number of likely N-dealkylation sites (N-methyl/N-ethyl adjacent to an activating group) is 1.